The first-order valence-electron chi connectivity index (χ1n) is 8.43. The SMILES string of the molecule is CC(C)(C)NC(=O)NCCC(=O)N1CCCC2CCCC=C21. The van der Waals surface area contributed by atoms with Gasteiger partial charge in [0.2, 0.25) is 5.91 Å². The number of carbonyl (C=O) groups excluding carboxylic acids is 2. The molecule has 1 saturated heterocycles. The van der Waals surface area contributed by atoms with Crippen LogP contribution in [0.2, 0.25) is 0 Å². The molecule has 5 nitrogen and oxygen atoms in total. The van der Waals surface area contributed by atoms with Crippen LogP contribution in [0.5, 0.6) is 0 Å². The van der Waals surface area contributed by atoms with E-state index in [1.807, 2.05) is 25.7 Å². The van der Waals surface area contributed by atoms with Crippen molar-refractivity contribution < 1.29 is 9.59 Å². The summed E-state index contributed by atoms with van der Waals surface area (Å²) in [4.78, 5) is 26.1. The van der Waals surface area contributed by atoms with Crippen molar-refractivity contribution >= 4 is 11.9 Å². The van der Waals surface area contributed by atoms with Gasteiger partial charge in [-0.25, -0.2) is 4.79 Å². The Labute approximate surface area is 133 Å². The second-order valence-corrected chi connectivity index (χ2v) is 7.33. The van der Waals surface area contributed by atoms with E-state index in [0.717, 1.165) is 19.4 Å². The van der Waals surface area contributed by atoms with Crippen LogP contribution in [0.25, 0.3) is 0 Å². The molecule has 2 aliphatic rings. The third-order valence-corrected chi connectivity index (χ3v) is 4.19. The van der Waals surface area contributed by atoms with Gasteiger partial charge in [0, 0.05) is 30.7 Å². The third kappa shape index (κ3) is 4.75. The molecule has 1 aliphatic carbocycles. The maximum Gasteiger partial charge on any atom is 0.315 e. The number of piperidine rings is 1. The first kappa shape index (κ1) is 16.8. The number of likely N-dealkylation sites (tertiary alicyclic amines) is 1. The van der Waals surface area contributed by atoms with Gasteiger partial charge in [0.1, 0.15) is 0 Å². The van der Waals surface area contributed by atoms with E-state index in [9.17, 15) is 9.59 Å². The first-order valence-corrected chi connectivity index (χ1v) is 8.43. The van der Waals surface area contributed by atoms with E-state index in [1.165, 1.54) is 25.0 Å². The number of nitrogens with zero attached hydrogens (tertiary/aromatic N) is 1. The molecule has 0 spiro atoms. The summed E-state index contributed by atoms with van der Waals surface area (Å²) in [7, 11) is 0. The lowest BCUT2D eigenvalue weighted by Gasteiger charge is -2.38. The van der Waals surface area contributed by atoms with Gasteiger partial charge in [0.05, 0.1) is 0 Å². The van der Waals surface area contributed by atoms with Gasteiger partial charge in [0.15, 0.2) is 0 Å². The molecule has 2 rings (SSSR count). The molecule has 1 atom stereocenters. The molecular formula is C17H29N3O2. The molecule has 5 heteroatoms. The van der Waals surface area contributed by atoms with Gasteiger partial charge in [-0.05, 0) is 58.8 Å². The van der Waals surface area contributed by atoms with Crippen LogP contribution in [0.1, 0.15) is 59.3 Å². The predicted octanol–water partition coefficient (Wildman–Crippen LogP) is 2.78. The Bertz CT molecular complexity index is 451. The number of hydrogen-bond acceptors (Lipinski definition) is 2. The highest BCUT2D eigenvalue weighted by molar-refractivity contribution is 5.80. The minimum atomic E-state index is -0.263. The lowest BCUT2D eigenvalue weighted by Crippen LogP contribution is -2.47. The Balaban J connectivity index is 1.79. The molecule has 3 amide bonds. The minimum Gasteiger partial charge on any atom is -0.338 e. The second-order valence-electron chi connectivity index (χ2n) is 7.33. The van der Waals surface area contributed by atoms with Crippen molar-refractivity contribution in [1.82, 2.24) is 15.5 Å². The number of amides is 3. The highest BCUT2D eigenvalue weighted by Gasteiger charge is 2.29. The molecule has 1 aliphatic heterocycles. The number of carbonyl (C=O) groups is 2. The van der Waals surface area contributed by atoms with E-state index in [-0.39, 0.29) is 17.5 Å². The summed E-state index contributed by atoms with van der Waals surface area (Å²) in [5.41, 5.74) is 0.975. The third-order valence-electron chi connectivity index (χ3n) is 4.19. The zero-order chi connectivity index (χ0) is 16.2. The summed E-state index contributed by atoms with van der Waals surface area (Å²) in [5.74, 6) is 0.706. The normalized spacial score (nSPS) is 21.7. The van der Waals surface area contributed by atoms with Crippen LogP contribution in [-0.4, -0.2) is 35.5 Å². The van der Waals surface area contributed by atoms with Crippen LogP contribution in [0, 0.1) is 5.92 Å². The van der Waals surface area contributed by atoms with Crippen LogP contribution >= 0.6 is 0 Å². The van der Waals surface area contributed by atoms with Crippen molar-refractivity contribution in [2.75, 3.05) is 13.1 Å². The zero-order valence-corrected chi connectivity index (χ0v) is 14.1. The van der Waals surface area contributed by atoms with Crippen molar-refractivity contribution in [1.29, 1.82) is 0 Å². The maximum absolute atomic E-state index is 12.4. The lowest BCUT2D eigenvalue weighted by molar-refractivity contribution is -0.130. The lowest BCUT2D eigenvalue weighted by atomic mass is 9.85. The van der Waals surface area contributed by atoms with E-state index < -0.39 is 0 Å². The van der Waals surface area contributed by atoms with Gasteiger partial charge < -0.3 is 15.5 Å². The molecular weight excluding hydrogens is 278 g/mol. The van der Waals surface area contributed by atoms with Gasteiger partial charge in [0.25, 0.3) is 0 Å². The van der Waals surface area contributed by atoms with Crippen LogP contribution in [0.3, 0.4) is 0 Å². The minimum absolute atomic E-state index is 0.133. The van der Waals surface area contributed by atoms with Crippen LogP contribution in [0.4, 0.5) is 4.79 Å². The summed E-state index contributed by atoms with van der Waals surface area (Å²) >= 11 is 0. The molecule has 0 bridgehead atoms. The molecule has 22 heavy (non-hydrogen) atoms. The summed E-state index contributed by atoms with van der Waals surface area (Å²) in [5, 5.41) is 5.60. The van der Waals surface area contributed by atoms with E-state index >= 15 is 0 Å². The number of hydrogen-bond donors (Lipinski definition) is 2. The molecule has 1 unspecified atom stereocenters. The Morgan fingerprint density at radius 2 is 2.00 bits per heavy atom. The molecule has 0 aromatic rings. The van der Waals surface area contributed by atoms with Crippen molar-refractivity contribution in [3.8, 4) is 0 Å². The van der Waals surface area contributed by atoms with Crippen molar-refractivity contribution in [2.24, 2.45) is 5.92 Å². The predicted molar refractivity (Wildman–Crippen MR) is 87.3 cm³/mol. The maximum atomic E-state index is 12.4. The van der Waals surface area contributed by atoms with Crippen LogP contribution in [0.15, 0.2) is 11.8 Å². The number of fused-ring (bicyclic) bond motifs is 1. The smallest absolute Gasteiger partial charge is 0.315 e. The molecule has 1 heterocycles. The average molecular weight is 307 g/mol. The Kier molecular flexibility index (Phi) is 5.48. The standard InChI is InChI=1S/C17H29N3O2/c1-17(2,3)19-16(22)18-11-10-15(21)20-12-6-8-13-7-4-5-9-14(13)20/h9,13H,4-8,10-12H2,1-3H3,(H2,18,19,22). The van der Waals surface area contributed by atoms with Crippen molar-refractivity contribution in [3.63, 3.8) is 0 Å². The summed E-state index contributed by atoms with van der Waals surface area (Å²) in [6.45, 7) is 7.01. The number of rotatable bonds is 3. The molecule has 1 fully saturated rings. The van der Waals surface area contributed by atoms with Gasteiger partial charge in [-0.3, -0.25) is 4.79 Å². The monoisotopic (exact) mass is 307 g/mol. The molecule has 0 aromatic heterocycles. The summed E-state index contributed by atoms with van der Waals surface area (Å²) in [6, 6.07) is -0.214. The highest BCUT2D eigenvalue weighted by atomic mass is 16.2. The molecule has 0 aromatic carbocycles. The van der Waals surface area contributed by atoms with Gasteiger partial charge >= 0.3 is 6.03 Å². The van der Waals surface area contributed by atoms with E-state index in [2.05, 4.69) is 16.7 Å². The fraction of sp³-hybridized carbons (Fsp3) is 0.765. The molecule has 0 radical (unpaired) electrons. The average Bonchev–Trinajstić information content (AvgIpc) is 2.44. The first-order chi connectivity index (χ1) is 10.4. The highest BCUT2D eigenvalue weighted by Crippen LogP contribution is 2.35. The van der Waals surface area contributed by atoms with Gasteiger partial charge in [-0.2, -0.15) is 0 Å². The van der Waals surface area contributed by atoms with Crippen LogP contribution in [-0.2, 0) is 4.79 Å². The summed E-state index contributed by atoms with van der Waals surface area (Å²) < 4.78 is 0. The Morgan fingerprint density at radius 3 is 2.73 bits per heavy atom. The van der Waals surface area contributed by atoms with E-state index in [4.69, 9.17) is 0 Å². The molecule has 124 valence electrons. The Hall–Kier alpha value is -1.52. The van der Waals surface area contributed by atoms with Gasteiger partial charge in [-0.15, -0.1) is 0 Å². The topological polar surface area (TPSA) is 61.4 Å². The molecule has 0 saturated carbocycles. The van der Waals surface area contributed by atoms with E-state index in [0.29, 0.717) is 18.9 Å². The van der Waals surface area contributed by atoms with Crippen molar-refractivity contribution in [2.45, 2.75) is 64.8 Å². The fourth-order valence-electron chi connectivity index (χ4n) is 3.25. The second kappa shape index (κ2) is 7.16. The summed E-state index contributed by atoms with van der Waals surface area (Å²) in [6.07, 6.45) is 8.44. The van der Waals surface area contributed by atoms with E-state index in [1.54, 1.807) is 0 Å². The van der Waals surface area contributed by atoms with Crippen LogP contribution < -0.4 is 10.6 Å². The number of urea groups is 1. The number of nitrogens with one attached hydrogen (secondary N) is 2. The Morgan fingerprint density at radius 1 is 1.27 bits per heavy atom. The number of allylic oxidation sites excluding steroid dienone is 2. The quantitative estimate of drug-likeness (QED) is 0.842. The zero-order valence-electron chi connectivity index (χ0n) is 14.1. The molecule has 2 N–H and O–H groups in total. The van der Waals surface area contributed by atoms with Crippen molar-refractivity contribution in [3.05, 3.63) is 11.8 Å². The van der Waals surface area contributed by atoms with Gasteiger partial charge in [-0.1, -0.05) is 6.08 Å². The largest absolute Gasteiger partial charge is 0.338 e. The fourth-order valence-corrected chi connectivity index (χ4v) is 3.25.